The molecule has 0 aliphatic heterocycles. The Morgan fingerprint density at radius 1 is 1.05 bits per heavy atom. The summed E-state index contributed by atoms with van der Waals surface area (Å²) >= 11 is 3.66. The minimum absolute atomic E-state index is 0.191. The number of carbonyl (C=O) groups excluding carboxylic acids is 1. The summed E-state index contributed by atoms with van der Waals surface area (Å²) in [6.07, 6.45) is 0.751. The number of fused-ring (bicyclic) bond motifs is 5. The topological polar surface area (TPSA) is 26.3 Å². The molecule has 0 aromatic heterocycles. The highest BCUT2D eigenvalue weighted by Gasteiger charge is 2.75. The molecule has 100 valence electrons. The number of hydrogen-bond acceptors (Lipinski definition) is 2. The minimum Gasteiger partial charge on any atom is -0.468 e. The zero-order valence-corrected chi connectivity index (χ0v) is 12.6. The molecule has 0 heterocycles. The van der Waals surface area contributed by atoms with Gasteiger partial charge in [0, 0.05) is 5.41 Å². The fourth-order valence-corrected chi connectivity index (χ4v) is 4.68. The zero-order valence-electron chi connectivity index (χ0n) is 11.0. The van der Waals surface area contributed by atoms with E-state index in [1.54, 1.807) is 0 Å². The van der Waals surface area contributed by atoms with E-state index in [4.69, 9.17) is 4.74 Å². The number of ether oxygens (including phenoxy) is 1. The van der Waals surface area contributed by atoms with E-state index in [0.717, 1.165) is 6.42 Å². The van der Waals surface area contributed by atoms with Crippen molar-refractivity contribution in [1.82, 2.24) is 0 Å². The molecule has 2 aliphatic carbocycles. The van der Waals surface area contributed by atoms with Crippen molar-refractivity contribution in [2.24, 2.45) is 0 Å². The van der Waals surface area contributed by atoms with E-state index in [9.17, 15) is 4.79 Å². The fourth-order valence-electron chi connectivity index (χ4n) is 3.67. The normalized spacial score (nSPS) is 24.1. The number of benzene rings is 2. The molecule has 1 atom stereocenters. The monoisotopic (exact) mass is 328 g/mol. The summed E-state index contributed by atoms with van der Waals surface area (Å²) in [7, 11) is 1.45. The summed E-state index contributed by atoms with van der Waals surface area (Å²) in [6.45, 7) is 0. The summed E-state index contributed by atoms with van der Waals surface area (Å²) in [5.41, 5.74) is 4.64. The summed E-state index contributed by atoms with van der Waals surface area (Å²) in [5.74, 6) is -0.191. The van der Waals surface area contributed by atoms with Crippen LogP contribution in [0.4, 0.5) is 0 Å². The van der Waals surface area contributed by atoms with Crippen LogP contribution in [0.1, 0.15) is 17.5 Å². The highest BCUT2D eigenvalue weighted by molar-refractivity contribution is 9.10. The smallest absolute Gasteiger partial charge is 0.323 e. The van der Waals surface area contributed by atoms with Crippen molar-refractivity contribution < 1.29 is 9.53 Å². The summed E-state index contributed by atoms with van der Waals surface area (Å²) in [5, 5.41) is 0. The van der Waals surface area contributed by atoms with Crippen molar-refractivity contribution in [3.8, 4) is 11.1 Å². The van der Waals surface area contributed by atoms with Crippen LogP contribution in [0.3, 0.4) is 0 Å². The Balaban J connectivity index is 2.01. The van der Waals surface area contributed by atoms with E-state index in [1.807, 2.05) is 24.3 Å². The maximum Gasteiger partial charge on any atom is 0.323 e. The fraction of sp³-hybridized carbons (Fsp3) is 0.235. The number of esters is 1. The quantitative estimate of drug-likeness (QED) is 0.589. The third kappa shape index (κ3) is 1.18. The molecule has 0 saturated heterocycles. The lowest BCUT2D eigenvalue weighted by Gasteiger charge is -2.17. The number of alkyl halides is 1. The van der Waals surface area contributed by atoms with Gasteiger partial charge in [-0.15, -0.1) is 0 Å². The zero-order chi connectivity index (χ0) is 14.0. The largest absolute Gasteiger partial charge is 0.468 e. The lowest BCUT2D eigenvalue weighted by atomic mass is 9.91. The highest BCUT2D eigenvalue weighted by atomic mass is 79.9. The van der Waals surface area contributed by atoms with Crippen molar-refractivity contribution in [1.29, 1.82) is 0 Å². The maximum atomic E-state index is 12.2. The molecule has 0 N–H and O–H groups in total. The molecule has 20 heavy (non-hydrogen) atoms. The van der Waals surface area contributed by atoms with Crippen LogP contribution in [-0.2, 0) is 14.9 Å². The van der Waals surface area contributed by atoms with Gasteiger partial charge in [0.2, 0.25) is 0 Å². The van der Waals surface area contributed by atoms with Crippen molar-refractivity contribution in [3.05, 3.63) is 59.7 Å². The first-order valence-corrected chi connectivity index (χ1v) is 7.41. The number of hydrogen-bond donors (Lipinski definition) is 0. The van der Waals surface area contributed by atoms with Gasteiger partial charge in [0.25, 0.3) is 0 Å². The van der Waals surface area contributed by atoms with E-state index in [0.29, 0.717) is 0 Å². The summed E-state index contributed by atoms with van der Waals surface area (Å²) < 4.78 is 4.38. The molecule has 0 unspecified atom stereocenters. The molecule has 1 fully saturated rings. The van der Waals surface area contributed by atoms with Crippen LogP contribution in [0.2, 0.25) is 0 Å². The molecule has 0 bridgehead atoms. The van der Waals surface area contributed by atoms with Gasteiger partial charge in [-0.25, -0.2) is 0 Å². The second-order valence-corrected chi connectivity index (χ2v) is 6.82. The minimum atomic E-state index is -0.628. The Labute approximate surface area is 125 Å². The molecule has 2 aromatic carbocycles. The molecule has 1 spiro atoms. The number of rotatable bonds is 1. The van der Waals surface area contributed by atoms with Crippen molar-refractivity contribution in [3.63, 3.8) is 0 Å². The van der Waals surface area contributed by atoms with Gasteiger partial charge in [0.15, 0.2) is 0 Å². The standard InChI is InChI=1S/C17H13BrO2/c1-20-15(19)17(18)10-16(17)13-8-4-2-6-11(13)12-7-3-5-9-14(12)16/h2-9H,10H2,1H3/t17-/m0/s1. The first-order valence-electron chi connectivity index (χ1n) is 6.62. The summed E-state index contributed by atoms with van der Waals surface area (Å²) in [4.78, 5) is 12.2. The molecule has 4 rings (SSSR count). The molecule has 3 heteroatoms. The van der Waals surface area contributed by atoms with Gasteiger partial charge in [0.1, 0.15) is 4.32 Å². The van der Waals surface area contributed by atoms with Crippen LogP contribution < -0.4 is 0 Å². The highest BCUT2D eigenvalue weighted by Crippen LogP contribution is 2.72. The van der Waals surface area contributed by atoms with Crippen LogP contribution in [0.5, 0.6) is 0 Å². The molecule has 2 aromatic rings. The van der Waals surface area contributed by atoms with Gasteiger partial charge < -0.3 is 4.74 Å². The van der Waals surface area contributed by atoms with E-state index >= 15 is 0 Å². The Morgan fingerprint density at radius 3 is 2.05 bits per heavy atom. The predicted octanol–water partition coefficient (Wildman–Crippen LogP) is 3.66. The second kappa shape index (κ2) is 3.73. The van der Waals surface area contributed by atoms with E-state index < -0.39 is 4.32 Å². The molecular formula is C17H13BrO2. The average Bonchev–Trinajstić information content (AvgIpc) is 3.05. The van der Waals surface area contributed by atoms with E-state index in [2.05, 4.69) is 40.2 Å². The molecule has 2 nitrogen and oxygen atoms in total. The molecule has 0 amide bonds. The van der Waals surface area contributed by atoms with Crippen molar-refractivity contribution in [2.75, 3.05) is 7.11 Å². The number of halogens is 1. The van der Waals surface area contributed by atoms with E-state index in [-0.39, 0.29) is 11.4 Å². The van der Waals surface area contributed by atoms with Gasteiger partial charge in [-0.1, -0.05) is 64.5 Å². The third-order valence-electron chi connectivity index (χ3n) is 4.63. The van der Waals surface area contributed by atoms with Gasteiger partial charge in [-0.05, 0) is 28.7 Å². The Morgan fingerprint density at radius 2 is 1.55 bits per heavy atom. The second-order valence-electron chi connectivity index (χ2n) is 5.47. The van der Waals surface area contributed by atoms with Crippen LogP contribution in [0.15, 0.2) is 48.5 Å². The Kier molecular flexibility index (Phi) is 2.27. The number of methoxy groups -OCH3 is 1. The van der Waals surface area contributed by atoms with Gasteiger partial charge in [0.05, 0.1) is 7.11 Å². The Hall–Kier alpha value is -1.61. The van der Waals surface area contributed by atoms with Crippen molar-refractivity contribution in [2.45, 2.75) is 16.2 Å². The SMILES string of the molecule is COC(=O)[C@@]1(Br)CC12c1ccccc1-c1ccccc12. The lowest BCUT2D eigenvalue weighted by Crippen LogP contribution is -2.27. The van der Waals surface area contributed by atoms with E-state index in [1.165, 1.54) is 29.4 Å². The Bertz CT molecular complexity index is 692. The van der Waals surface area contributed by atoms with Gasteiger partial charge >= 0.3 is 5.97 Å². The molecule has 0 radical (unpaired) electrons. The predicted molar refractivity (Wildman–Crippen MR) is 80.9 cm³/mol. The molecule has 1 saturated carbocycles. The number of carbonyl (C=O) groups is 1. The molecule has 2 aliphatic rings. The van der Waals surface area contributed by atoms with Gasteiger partial charge in [-0.2, -0.15) is 0 Å². The van der Waals surface area contributed by atoms with Crippen LogP contribution >= 0.6 is 15.9 Å². The van der Waals surface area contributed by atoms with Gasteiger partial charge in [-0.3, -0.25) is 4.79 Å². The van der Waals surface area contributed by atoms with Crippen LogP contribution in [0.25, 0.3) is 11.1 Å². The lowest BCUT2D eigenvalue weighted by molar-refractivity contribution is -0.140. The average molecular weight is 329 g/mol. The summed E-state index contributed by atoms with van der Waals surface area (Å²) in [6, 6.07) is 16.7. The van der Waals surface area contributed by atoms with Crippen LogP contribution in [-0.4, -0.2) is 17.4 Å². The van der Waals surface area contributed by atoms with Crippen LogP contribution in [0, 0.1) is 0 Å². The first-order chi connectivity index (χ1) is 9.65. The van der Waals surface area contributed by atoms with Crippen molar-refractivity contribution >= 4 is 21.9 Å². The third-order valence-corrected chi connectivity index (χ3v) is 5.91. The molecular weight excluding hydrogens is 316 g/mol. The first kappa shape index (κ1) is 12.2. The maximum absolute atomic E-state index is 12.2.